The van der Waals surface area contributed by atoms with E-state index in [9.17, 15) is 19.2 Å². The lowest BCUT2D eigenvalue weighted by Gasteiger charge is -2.24. The van der Waals surface area contributed by atoms with Gasteiger partial charge in [0.1, 0.15) is 24.2 Å². The Morgan fingerprint density at radius 2 is 1.86 bits per heavy atom. The molecule has 49 heavy (non-hydrogen) atoms. The van der Waals surface area contributed by atoms with Gasteiger partial charge >= 0.3 is 0 Å². The summed E-state index contributed by atoms with van der Waals surface area (Å²) in [5.41, 5.74) is 1.29. The number of nitrogens with one attached hydrogen (secondary N) is 2. The number of hydrogen-bond acceptors (Lipinski definition) is 10. The molecule has 1 fully saturated rings. The molecule has 1 aromatic carbocycles. The molecule has 2 atom stereocenters. The van der Waals surface area contributed by atoms with Crippen LogP contribution in [0.4, 0.5) is 0 Å². The Kier molecular flexibility index (Phi) is 10.4. The summed E-state index contributed by atoms with van der Waals surface area (Å²) in [5, 5.41) is 12.1. The molecule has 1 saturated heterocycles. The topological polar surface area (TPSA) is 160 Å². The van der Waals surface area contributed by atoms with Gasteiger partial charge in [0.25, 0.3) is 23.5 Å². The summed E-state index contributed by atoms with van der Waals surface area (Å²) in [7, 11) is 1.51. The first-order valence-corrected chi connectivity index (χ1v) is 17.4. The van der Waals surface area contributed by atoms with Crippen LogP contribution in [-0.2, 0) is 4.79 Å². The van der Waals surface area contributed by atoms with Crippen LogP contribution in [0.15, 0.2) is 48.1 Å². The van der Waals surface area contributed by atoms with Crippen molar-refractivity contribution < 1.29 is 28.7 Å². The number of carbonyl (C=O) groups is 4. The second-order valence-electron chi connectivity index (χ2n) is 12.4. The van der Waals surface area contributed by atoms with Crippen molar-refractivity contribution >= 4 is 40.7 Å². The number of ether oxygens (including phenoxy) is 2. The molecule has 0 unspecified atom stereocenters. The van der Waals surface area contributed by atoms with Gasteiger partial charge in [0.15, 0.2) is 11.5 Å². The first kappa shape index (κ1) is 33.8. The standard InChI is InChI=1S/C34H40N8O6S/c1-21(2)25-18-24(39-34-37-20-38-42(25)34)32(45)41-19-23-17-26(41)31(44)36-11-4-5-13-40(33(46)29-8-6-15-49-29)14-7-12-35-30(43)22-9-10-27(47-3)28(16-22)48-23/h6,8-10,15-16,18,20-21,23,26H,4-5,7,11-14,17,19H2,1-3H3,(H,35,43)(H,36,44)/t23-,26-/m0/s1. The summed E-state index contributed by atoms with van der Waals surface area (Å²) >= 11 is 1.39. The van der Waals surface area contributed by atoms with Crippen molar-refractivity contribution in [2.45, 2.75) is 57.6 Å². The second-order valence-corrected chi connectivity index (χ2v) is 13.3. The van der Waals surface area contributed by atoms with Crippen molar-refractivity contribution in [2.75, 3.05) is 39.8 Å². The van der Waals surface area contributed by atoms with E-state index in [2.05, 4.69) is 25.7 Å². The third-order valence-corrected chi connectivity index (χ3v) is 9.56. The number of benzene rings is 1. The molecule has 0 spiro atoms. The Bertz CT molecular complexity index is 1830. The maximum absolute atomic E-state index is 14.1. The van der Waals surface area contributed by atoms with E-state index >= 15 is 0 Å². The molecule has 2 aliphatic heterocycles. The summed E-state index contributed by atoms with van der Waals surface area (Å²) in [6.07, 6.45) is 2.89. The molecule has 15 heteroatoms. The van der Waals surface area contributed by atoms with Crippen molar-refractivity contribution in [3.05, 3.63) is 69.9 Å². The maximum Gasteiger partial charge on any atom is 0.273 e. The molecule has 5 heterocycles. The van der Waals surface area contributed by atoms with Gasteiger partial charge in [-0.15, -0.1) is 11.3 Å². The fraction of sp³-hybridized carbons (Fsp3) is 0.441. The van der Waals surface area contributed by atoms with Gasteiger partial charge in [-0.3, -0.25) is 19.2 Å². The van der Waals surface area contributed by atoms with Crippen molar-refractivity contribution in [1.29, 1.82) is 0 Å². The van der Waals surface area contributed by atoms with Crippen LogP contribution in [0, 0.1) is 0 Å². The van der Waals surface area contributed by atoms with Crippen molar-refractivity contribution in [2.24, 2.45) is 0 Å². The number of carbonyl (C=O) groups excluding carboxylic acids is 4. The molecule has 4 bridgehead atoms. The average molecular weight is 689 g/mol. The van der Waals surface area contributed by atoms with Crippen molar-refractivity contribution in [3.8, 4) is 11.5 Å². The number of amides is 4. The highest BCUT2D eigenvalue weighted by atomic mass is 32.1. The minimum atomic E-state index is -0.840. The van der Waals surface area contributed by atoms with E-state index in [1.165, 1.54) is 29.7 Å². The maximum atomic E-state index is 14.1. The van der Waals surface area contributed by atoms with E-state index in [0.717, 1.165) is 5.69 Å². The molecule has 14 nitrogen and oxygen atoms in total. The Morgan fingerprint density at radius 3 is 2.63 bits per heavy atom. The summed E-state index contributed by atoms with van der Waals surface area (Å²) in [6.45, 7) is 5.80. The van der Waals surface area contributed by atoms with Crippen LogP contribution >= 0.6 is 11.3 Å². The highest BCUT2D eigenvalue weighted by molar-refractivity contribution is 7.12. The first-order valence-electron chi connectivity index (χ1n) is 16.5. The number of aromatic nitrogens is 4. The monoisotopic (exact) mass is 688 g/mol. The van der Waals surface area contributed by atoms with Gasteiger partial charge in [0, 0.05) is 38.2 Å². The lowest BCUT2D eigenvalue weighted by molar-refractivity contribution is -0.124. The van der Waals surface area contributed by atoms with Gasteiger partial charge in [-0.05, 0) is 60.9 Å². The predicted octanol–water partition coefficient (Wildman–Crippen LogP) is 3.15. The van der Waals surface area contributed by atoms with E-state index < -0.39 is 18.1 Å². The van der Waals surface area contributed by atoms with E-state index in [4.69, 9.17) is 9.47 Å². The Hall–Kier alpha value is -5.05. The van der Waals surface area contributed by atoms with Gasteiger partial charge < -0.3 is 29.9 Å². The zero-order valence-electron chi connectivity index (χ0n) is 27.8. The number of thiophene rings is 1. The minimum Gasteiger partial charge on any atom is -0.493 e. The molecule has 6 rings (SSSR count). The third-order valence-electron chi connectivity index (χ3n) is 8.70. The molecule has 2 aliphatic rings. The normalized spacial score (nSPS) is 19.4. The minimum absolute atomic E-state index is 0.0290. The number of fused-ring (bicyclic) bond motifs is 5. The van der Waals surface area contributed by atoms with Crippen LogP contribution in [0.25, 0.3) is 5.78 Å². The molecule has 3 aromatic heterocycles. The van der Waals surface area contributed by atoms with Crippen LogP contribution in [-0.4, -0.2) is 105 Å². The van der Waals surface area contributed by atoms with Gasteiger partial charge in [0.2, 0.25) is 5.91 Å². The summed E-state index contributed by atoms with van der Waals surface area (Å²) in [5.74, 6) is -0.0275. The quantitative estimate of drug-likeness (QED) is 0.328. The number of methoxy groups -OCH3 is 1. The molecule has 4 amide bonds. The molecule has 0 radical (unpaired) electrons. The van der Waals surface area contributed by atoms with E-state index in [1.807, 2.05) is 25.3 Å². The van der Waals surface area contributed by atoms with E-state index in [-0.39, 0.29) is 42.3 Å². The fourth-order valence-electron chi connectivity index (χ4n) is 6.15. The van der Waals surface area contributed by atoms with Crippen molar-refractivity contribution in [3.63, 3.8) is 0 Å². The zero-order valence-corrected chi connectivity index (χ0v) is 28.6. The van der Waals surface area contributed by atoms with E-state index in [1.54, 1.807) is 39.7 Å². The predicted molar refractivity (Wildman–Crippen MR) is 181 cm³/mol. The first-order chi connectivity index (χ1) is 23.7. The van der Waals surface area contributed by atoms with Gasteiger partial charge in [-0.25, -0.2) is 9.50 Å². The number of likely N-dealkylation sites (tertiary alicyclic amines) is 1. The number of hydrogen-bond donors (Lipinski definition) is 2. The van der Waals surface area contributed by atoms with Crippen LogP contribution in [0.2, 0.25) is 0 Å². The lowest BCUT2D eigenvalue weighted by Crippen LogP contribution is -2.46. The summed E-state index contributed by atoms with van der Waals surface area (Å²) < 4.78 is 13.5. The highest BCUT2D eigenvalue weighted by Gasteiger charge is 2.42. The molecule has 4 aromatic rings. The SMILES string of the molecule is COc1ccc2cc1O[C@H]1C[C@@H](C(=O)NCCCCN(C(=O)c3cccs3)CCCNC2=O)N(C(=O)c2cc(C(C)C)n3ncnc3n2)C1. The largest absolute Gasteiger partial charge is 0.493 e. The van der Waals surface area contributed by atoms with Crippen molar-refractivity contribution in [1.82, 2.24) is 40.0 Å². The number of rotatable bonds is 4. The van der Waals surface area contributed by atoms with Gasteiger partial charge in [-0.2, -0.15) is 10.1 Å². The van der Waals surface area contributed by atoms with Crippen LogP contribution < -0.4 is 20.1 Å². The molecule has 258 valence electrons. The molecule has 0 saturated carbocycles. The molecular weight excluding hydrogens is 648 g/mol. The third kappa shape index (κ3) is 7.51. The second kappa shape index (κ2) is 15.0. The molecule has 2 N–H and O–H groups in total. The molecular formula is C34H40N8O6S. The lowest BCUT2D eigenvalue weighted by atomic mass is 10.1. The summed E-state index contributed by atoms with van der Waals surface area (Å²) in [6, 6.07) is 9.40. The summed E-state index contributed by atoms with van der Waals surface area (Å²) in [4.78, 5) is 66.8. The van der Waals surface area contributed by atoms with Crippen LogP contribution in [0.1, 0.15) is 81.7 Å². The highest BCUT2D eigenvalue weighted by Crippen LogP contribution is 2.33. The van der Waals surface area contributed by atoms with E-state index in [0.29, 0.717) is 73.2 Å². The van der Waals surface area contributed by atoms with Crippen LogP contribution in [0.3, 0.4) is 0 Å². The Balaban J connectivity index is 1.28. The smallest absolute Gasteiger partial charge is 0.273 e. The number of nitrogens with zero attached hydrogens (tertiary/aromatic N) is 6. The molecule has 0 aliphatic carbocycles. The Labute approximate surface area is 287 Å². The van der Waals surface area contributed by atoms with Gasteiger partial charge in [0.05, 0.1) is 24.2 Å². The average Bonchev–Trinajstić information content (AvgIpc) is 3.89. The zero-order chi connectivity index (χ0) is 34.5. The fourth-order valence-corrected chi connectivity index (χ4v) is 6.84. The van der Waals surface area contributed by atoms with Gasteiger partial charge in [-0.1, -0.05) is 19.9 Å². The van der Waals surface area contributed by atoms with Crippen LogP contribution in [0.5, 0.6) is 11.5 Å². The Morgan fingerprint density at radius 1 is 1.04 bits per heavy atom.